The third-order valence-corrected chi connectivity index (χ3v) is 5.87. The lowest BCUT2D eigenvalue weighted by Gasteiger charge is -2.17. The summed E-state index contributed by atoms with van der Waals surface area (Å²) < 4.78 is 0. The van der Waals surface area contributed by atoms with E-state index in [2.05, 4.69) is 65.7 Å². The second-order valence-corrected chi connectivity index (χ2v) is 7.50. The average molecular weight is 340 g/mol. The number of fused-ring (bicyclic) bond motifs is 2. The smallest absolute Gasteiger partial charge is 0.0698 e. The minimum atomic E-state index is 0.493. The standard InChI is InChI=1S/C24H24N2/c25-22-21-12-6-11-20(17-8-2-1-3-9-17)24(21)26-23(22)19-14-13-16-7-4-5-10-18(16)15-19/h2,4,6-8,11-15,17,26H,1,3,5,9-10,25H2. The van der Waals surface area contributed by atoms with Crippen molar-refractivity contribution in [2.45, 2.75) is 38.0 Å². The van der Waals surface area contributed by atoms with Gasteiger partial charge in [0.05, 0.1) is 16.9 Å². The van der Waals surface area contributed by atoms with Crippen LogP contribution in [0.3, 0.4) is 0 Å². The zero-order valence-corrected chi connectivity index (χ0v) is 15.0. The van der Waals surface area contributed by atoms with E-state index in [4.69, 9.17) is 5.73 Å². The van der Waals surface area contributed by atoms with Gasteiger partial charge in [0.25, 0.3) is 0 Å². The Balaban J connectivity index is 1.65. The van der Waals surface area contributed by atoms with Gasteiger partial charge < -0.3 is 10.7 Å². The number of rotatable bonds is 2. The highest BCUT2D eigenvalue weighted by molar-refractivity contribution is 6.01. The second kappa shape index (κ2) is 6.21. The molecule has 2 heteroatoms. The molecule has 1 unspecified atom stereocenters. The third kappa shape index (κ3) is 2.48. The lowest BCUT2D eigenvalue weighted by molar-refractivity contribution is 0.657. The molecule has 5 rings (SSSR count). The maximum Gasteiger partial charge on any atom is 0.0698 e. The Kier molecular flexibility index (Phi) is 3.70. The zero-order valence-electron chi connectivity index (χ0n) is 15.0. The van der Waals surface area contributed by atoms with Crippen LogP contribution in [0.1, 0.15) is 48.3 Å². The molecule has 1 aromatic heterocycles. The summed E-state index contributed by atoms with van der Waals surface area (Å²) in [5, 5.41) is 1.15. The number of nitrogens with one attached hydrogen (secondary N) is 1. The van der Waals surface area contributed by atoms with Crippen LogP contribution in [0, 0.1) is 0 Å². The molecule has 2 aromatic carbocycles. The molecule has 0 radical (unpaired) electrons. The highest BCUT2D eigenvalue weighted by Crippen LogP contribution is 2.39. The molecule has 1 heterocycles. The third-order valence-electron chi connectivity index (χ3n) is 5.87. The summed E-state index contributed by atoms with van der Waals surface area (Å²) in [6.45, 7) is 0. The lowest BCUT2D eigenvalue weighted by atomic mass is 9.88. The molecule has 0 spiro atoms. The summed E-state index contributed by atoms with van der Waals surface area (Å²) in [4.78, 5) is 3.68. The molecule has 0 saturated carbocycles. The van der Waals surface area contributed by atoms with Gasteiger partial charge in [-0.2, -0.15) is 0 Å². The monoisotopic (exact) mass is 340 g/mol. The van der Waals surface area contributed by atoms with Crippen molar-refractivity contribution in [2.24, 2.45) is 0 Å². The van der Waals surface area contributed by atoms with Crippen molar-refractivity contribution in [3.63, 3.8) is 0 Å². The Hall–Kier alpha value is -2.74. The topological polar surface area (TPSA) is 41.8 Å². The number of aromatic amines is 1. The van der Waals surface area contributed by atoms with Gasteiger partial charge in [0.1, 0.15) is 0 Å². The first-order valence-corrected chi connectivity index (χ1v) is 9.68. The van der Waals surface area contributed by atoms with Crippen LogP contribution in [-0.4, -0.2) is 4.98 Å². The molecular formula is C24H24N2. The molecule has 0 bridgehead atoms. The maximum atomic E-state index is 6.58. The quantitative estimate of drug-likeness (QED) is 0.536. The van der Waals surface area contributed by atoms with Crippen molar-refractivity contribution in [3.8, 4) is 11.3 Å². The van der Waals surface area contributed by atoms with Gasteiger partial charge in [0.15, 0.2) is 0 Å². The molecule has 130 valence electrons. The average Bonchev–Trinajstić information content (AvgIpc) is 3.05. The van der Waals surface area contributed by atoms with E-state index in [1.54, 1.807) is 0 Å². The fraction of sp³-hybridized carbons (Fsp3) is 0.250. The zero-order chi connectivity index (χ0) is 17.5. The van der Waals surface area contributed by atoms with Crippen molar-refractivity contribution >= 4 is 22.7 Å². The molecule has 0 aliphatic heterocycles. The highest BCUT2D eigenvalue weighted by atomic mass is 14.8. The number of anilines is 1. The van der Waals surface area contributed by atoms with Crippen molar-refractivity contribution in [1.29, 1.82) is 0 Å². The Labute approximate surface area is 154 Å². The fourth-order valence-electron chi connectivity index (χ4n) is 4.46. The first kappa shape index (κ1) is 15.5. The van der Waals surface area contributed by atoms with Gasteiger partial charge in [-0.1, -0.05) is 54.6 Å². The van der Waals surface area contributed by atoms with Crippen LogP contribution in [0.5, 0.6) is 0 Å². The molecule has 2 nitrogen and oxygen atoms in total. The van der Waals surface area contributed by atoms with Crippen LogP contribution in [0.15, 0.2) is 54.6 Å². The van der Waals surface area contributed by atoms with Crippen LogP contribution in [0.4, 0.5) is 5.69 Å². The predicted octanol–water partition coefficient (Wildman–Crippen LogP) is 6.20. The van der Waals surface area contributed by atoms with E-state index in [1.807, 2.05) is 0 Å². The van der Waals surface area contributed by atoms with Crippen LogP contribution >= 0.6 is 0 Å². The SMILES string of the molecule is Nc1c(-c2ccc3c(c2)CCC=C3)[nH]c2c(C3C=CCCC3)cccc12. The summed E-state index contributed by atoms with van der Waals surface area (Å²) in [6, 6.07) is 13.2. The molecular weight excluding hydrogens is 316 g/mol. The molecule has 3 N–H and O–H groups in total. The van der Waals surface area contributed by atoms with Gasteiger partial charge in [-0.05, 0) is 54.9 Å². The number of hydrogen-bond acceptors (Lipinski definition) is 1. The minimum Gasteiger partial charge on any atom is -0.396 e. The second-order valence-electron chi connectivity index (χ2n) is 7.50. The molecule has 26 heavy (non-hydrogen) atoms. The summed E-state index contributed by atoms with van der Waals surface area (Å²) in [7, 11) is 0. The van der Waals surface area contributed by atoms with E-state index in [0.717, 1.165) is 29.6 Å². The van der Waals surface area contributed by atoms with E-state index in [1.165, 1.54) is 47.0 Å². The number of benzene rings is 2. The van der Waals surface area contributed by atoms with Gasteiger partial charge in [-0.15, -0.1) is 0 Å². The van der Waals surface area contributed by atoms with Gasteiger partial charge in [0, 0.05) is 16.9 Å². The number of nitrogen functional groups attached to an aromatic ring is 1. The van der Waals surface area contributed by atoms with Gasteiger partial charge in [-0.25, -0.2) is 0 Å². The van der Waals surface area contributed by atoms with Crippen LogP contribution < -0.4 is 5.73 Å². The number of hydrogen-bond donors (Lipinski definition) is 2. The predicted molar refractivity (Wildman–Crippen MR) is 111 cm³/mol. The Morgan fingerprint density at radius 1 is 1.04 bits per heavy atom. The van der Waals surface area contributed by atoms with E-state index in [0.29, 0.717) is 5.92 Å². The molecule has 0 saturated heterocycles. The van der Waals surface area contributed by atoms with Crippen molar-refractivity contribution in [3.05, 3.63) is 71.3 Å². The minimum absolute atomic E-state index is 0.493. The van der Waals surface area contributed by atoms with Gasteiger partial charge >= 0.3 is 0 Å². The molecule has 0 amide bonds. The lowest BCUT2D eigenvalue weighted by Crippen LogP contribution is -2.00. The van der Waals surface area contributed by atoms with Crippen molar-refractivity contribution in [1.82, 2.24) is 4.98 Å². The molecule has 3 aromatic rings. The van der Waals surface area contributed by atoms with E-state index in [-0.39, 0.29) is 0 Å². The Morgan fingerprint density at radius 3 is 2.88 bits per heavy atom. The number of para-hydroxylation sites is 1. The van der Waals surface area contributed by atoms with Crippen LogP contribution in [-0.2, 0) is 6.42 Å². The van der Waals surface area contributed by atoms with Gasteiger partial charge in [0.2, 0.25) is 0 Å². The van der Waals surface area contributed by atoms with E-state index >= 15 is 0 Å². The summed E-state index contributed by atoms with van der Waals surface area (Å²) in [5.74, 6) is 0.493. The Bertz CT molecular complexity index is 1040. The largest absolute Gasteiger partial charge is 0.396 e. The summed E-state index contributed by atoms with van der Waals surface area (Å²) >= 11 is 0. The normalized spacial score (nSPS) is 19.0. The fourth-order valence-corrected chi connectivity index (χ4v) is 4.46. The number of allylic oxidation sites excluding steroid dienone is 3. The first-order valence-electron chi connectivity index (χ1n) is 9.68. The van der Waals surface area contributed by atoms with Crippen molar-refractivity contribution < 1.29 is 0 Å². The number of aryl methyl sites for hydroxylation is 1. The summed E-state index contributed by atoms with van der Waals surface area (Å²) in [5.41, 5.74) is 15.0. The first-order chi connectivity index (χ1) is 12.8. The van der Waals surface area contributed by atoms with Crippen LogP contribution in [0.2, 0.25) is 0 Å². The van der Waals surface area contributed by atoms with Crippen LogP contribution in [0.25, 0.3) is 28.2 Å². The number of aromatic nitrogens is 1. The van der Waals surface area contributed by atoms with E-state index < -0.39 is 0 Å². The molecule has 1 atom stereocenters. The molecule has 0 fully saturated rings. The van der Waals surface area contributed by atoms with Crippen molar-refractivity contribution in [2.75, 3.05) is 5.73 Å². The highest BCUT2D eigenvalue weighted by Gasteiger charge is 2.19. The maximum absolute atomic E-state index is 6.58. The van der Waals surface area contributed by atoms with Gasteiger partial charge in [-0.3, -0.25) is 0 Å². The van der Waals surface area contributed by atoms with E-state index in [9.17, 15) is 0 Å². The molecule has 2 aliphatic carbocycles. The number of H-pyrrole nitrogens is 1. The Morgan fingerprint density at radius 2 is 2.00 bits per heavy atom. The molecule has 2 aliphatic rings. The summed E-state index contributed by atoms with van der Waals surface area (Å²) in [6.07, 6.45) is 15.1. The number of nitrogens with two attached hydrogens (primary N) is 1.